The van der Waals surface area contributed by atoms with E-state index in [9.17, 15) is 4.79 Å². The van der Waals surface area contributed by atoms with Gasteiger partial charge in [-0.3, -0.25) is 4.79 Å². The molecule has 8 heteroatoms. The van der Waals surface area contributed by atoms with Crippen LogP contribution >= 0.6 is 0 Å². The SMILES string of the molecule is Cn1ccc2c(-c3ccc(Nc4ccc5c(n4)CNC[C@H]4COC[C@@H]54)c4c3CNC4=O)ccnc21. The molecule has 1 aromatic carbocycles. The second-order valence-electron chi connectivity index (χ2n) is 9.61. The summed E-state index contributed by atoms with van der Waals surface area (Å²) in [6.07, 6.45) is 3.84. The Kier molecular flexibility index (Phi) is 4.65. The molecule has 0 bridgehead atoms. The van der Waals surface area contributed by atoms with Gasteiger partial charge in [0.15, 0.2) is 0 Å². The number of ether oxygens (including phenoxy) is 1. The Hall–Kier alpha value is -3.75. The van der Waals surface area contributed by atoms with Gasteiger partial charge in [0.1, 0.15) is 11.5 Å². The van der Waals surface area contributed by atoms with Crippen LogP contribution in [-0.4, -0.2) is 40.2 Å². The van der Waals surface area contributed by atoms with Crippen LogP contribution in [0.4, 0.5) is 11.5 Å². The molecule has 2 atom stereocenters. The Bertz CT molecular complexity index is 1490. The van der Waals surface area contributed by atoms with Gasteiger partial charge in [0, 0.05) is 56.3 Å². The molecule has 6 heterocycles. The number of amides is 1. The minimum absolute atomic E-state index is 0.0647. The molecular weight excluding hydrogens is 440 g/mol. The highest BCUT2D eigenvalue weighted by molar-refractivity contribution is 6.07. The molecule has 35 heavy (non-hydrogen) atoms. The molecule has 1 saturated heterocycles. The number of benzene rings is 1. The van der Waals surface area contributed by atoms with E-state index >= 15 is 0 Å². The Morgan fingerprint density at radius 2 is 2.03 bits per heavy atom. The lowest BCUT2D eigenvalue weighted by molar-refractivity contribution is 0.0966. The number of anilines is 2. The van der Waals surface area contributed by atoms with Crippen molar-refractivity contribution in [1.82, 2.24) is 25.2 Å². The Morgan fingerprint density at radius 3 is 2.97 bits per heavy atom. The number of nitrogens with one attached hydrogen (secondary N) is 3. The topological polar surface area (TPSA) is 93.1 Å². The van der Waals surface area contributed by atoms with Gasteiger partial charge in [-0.05, 0) is 46.5 Å². The molecular formula is C27H26N6O2. The lowest BCUT2D eigenvalue weighted by Gasteiger charge is -2.17. The predicted octanol–water partition coefficient (Wildman–Crippen LogP) is 3.46. The monoisotopic (exact) mass is 466 g/mol. The highest BCUT2D eigenvalue weighted by Crippen LogP contribution is 2.39. The van der Waals surface area contributed by atoms with Crippen molar-refractivity contribution in [3.63, 3.8) is 0 Å². The maximum Gasteiger partial charge on any atom is 0.254 e. The molecule has 7 rings (SSSR count). The number of nitrogens with zero attached hydrogens (tertiary/aromatic N) is 3. The van der Waals surface area contributed by atoms with Crippen LogP contribution in [0.1, 0.15) is 33.1 Å². The van der Waals surface area contributed by atoms with Crippen LogP contribution in [0.25, 0.3) is 22.2 Å². The van der Waals surface area contributed by atoms with E-state index in [0.717, 1.165) is 71.2 Å². The number of rotatable bonds is 3. The summed E-state index contributed by atoms with van der Waals surface area (Å²) >= 11 is 0. The van der Waals surface area contributed by atoms with Gasteiger partial charge in [-0.15, -0.1) is 0 Å². The smallest absolute Gasteiger partial charge is 0.254 e. The molecule has 0 spiro atoms. The third-order valence-corrected chi connectivity index (χ3v) is 7.59. The fourth-order valence-corrected chi connectivity index (χ4v) is 5.82. The first kappa shape index (κ1) is 20.6. The largest absolute Gasteiger partial charge is 0.380 e. The summed E-state index contributed by atoms with van der Waals surface area (Å²) in [5.74, 6) is 1.57. The molecule has 0 unspecified atom stereocenters. The van der Waals surface area contributed by atoms with Crippen LogP contribution in [0.2, 0.25) is 0 Å². The van der Waals surface area contributed by atoms with Gasteiger partial charge in [-0.25, -0.2) is 9.97 Å². The molecule has 1 fully saturated rings. The zero-order valence-corrected chi connectivity index (χ0v) is 19.5. The van der Waals surface area contributed by atoms with Crippen LogP contribution in [-0.2, 0) is 24.9 Å². The van der Waals surface area contributed by atoms with Crippen molar-refractivity contribution in [2.75, 3.05) is 25.1 Å². The molecule has 3 N–H and O–H groups in total. The molecule has 4 aromatic rings. The van der Waals surface area contributed by atoms with Gasteiger partial charge in [-0.2, -0.15) is 0 Å². The van der Waals surface area contributed by atoms with Gasteiger partial charge in [0.05, 0.1) is 30.2 Å². The van der Waals surface area contributed by atoms with Crippen LogP contribution < -0.4 is 16.0 Å². The number of hydrogen-bond acceptors (Lipinski definition) is 6. The summed E-state index contributed by atoms with van der Waals surface area (Å²) in [6.45, 7) is 3.75. The van der Waals surface area contributed by atoms with Crippen molar-refractivity contribution in [2.24, 2.45) is 13.0 Å². The van der Waals surface area contributed by atoms with Crippen molar-refractivity contribution in [3.8, 4) is 11.1 Å². The standard InChI is InChI=1S/C27H26N6O2/c1-33-9-7-19-17(6-8-29-26(19)33)16-2-4-22(25-20(16)11-30-27(25)34)31-24-5-3-18-21-14-35-13-15(21)10-28-12-23(18)32-24/h2-9,15,21,28H,10-14H2,1H3,(H,30,34)(H,31,32)/t15-,21+/m0/s1. The normalized spacial score (nSPS) is 20.8. The van der Waals surface area contributed by atoms with Crippen molar-refractivity contribution < 1.29 is 9.53 Å². The molecule has 0 aliphatic carbocycles. The van der Waals surface area contributed by atoms with Crippen molar-refractivity contribution in [2.45, 2.75) is 19.0 Å². The number of aryl methyl sites for hydroxylation is 1. The minimum Gasteiger partial charge on any atom is -0.380 e. The minimum atomic E-state index is -0.0647. The summed E-state index contributed by atoms with van der Waals surface area (Å²) in [5.41, 5.74) is 7.83. The van der Waals surface area contributed by atoms with E-state index in [1.165, 1.54) is 5.56 Å². The maximum absolute atomic E-state index is 12.9. The van der Waals surface area contributed by atoms with Crippen LogP contribution in [0.3, 0.4) is 0 Å². The Morgan fingerprint density at radius 1 is 1.09 bits per heavy atom. The number of carbonyl (C=O) groups excluding carboxylic acids is 1. The lowest BCUT2D eigenvalue weighted by Crippen LogP contribution is -2.22. The molecule has 3 aliphatic rings. The van der Waals surface area contributed by atoms with E-state index in [2.05, 4.69) is 39.1 Å². The van der Waals surface area contributed by atoms with E-state index in [1.807, 2.05) is 42.2 Å². The molecule has 3 aromatic heterocycles. The fraction of sp³-hybridized carbons (Fsp3) is 0.296. The van der Waals surface area contributed by atoms with Gasteiger partial charge < -0.3 is 25.3 Å². The van der Waals surface area contributed by atoms with E-state index in [-0.39, 0.29) is 5.91 Å². The van der Waals surface area contributed by atoms with E-state index in [1.54, 1.807) is 0 Å². The summed E-state index contributed by atoms with van der Waals surface area (Å²) in [4.78, 5) is 22.4. The predicted molar refractivity (Wildman–Crippen MR) is 134 cm³/mol. The first-order chi connectivity index (χ1) is 17.2. The van der Waals surface area contributed by atoms with Crippen LogP contribution in [0, 0.1) is 5.92 Å². The number of fused-ring (bicyclic) bond motifs is 5. The molecule has 0 saturated carbocycles. The van der Waals surface area contributed by atoms with Crippen LogP contribution in [0.5, 0.6) is 0 Å². The first-order valence-corrected chi connectivity index (χ1v) is 12.1. The molecule has 3 aliphatic heterocycles. The molecule has 1 amide bonds. The number of pyridine rings is 2. The highest BCUT2D eigenvalue weighted by Gasteiger charge is 2.33. The average Bonchev–Trinajstić information content (AvgIpc) is 3.57. The number of hydrogen-bond donors (Lipinski definition) is 3. The third-order valence-electron chi connectivity index (χ3n) is 7.59. The van der Waals surface area contributed by atoms with E-state index in [0.29, 0.717) is 23.9 Å². The highest BCUT2D eigenvalue weighted by atomic mass is 16.5. The van der Waals surface area contributed by atoms with E-state index in [4.69, 9.17) is 9.72 Å². The average molecular weight is 467 g/mol. The van der Waals surface area contributed by atoms with Gasteiger partial charge in [-0.1, -0.05) is 12.1 Å². The Balaban J connectivity index is 1.28. The van der Waals surface area contributed by atoms with Gasteiger partial charge >= 0.3 is 0 Å². The summed E-state index contributed by atoms with van der Waals surface area (Å²) < 4.78 is 7.75. The number of aromatic nitrogens is 3. The lowest BCUT2D eigenvalue weighted by atomic mass is 9.89. The zero-order valence-electron chi connectivity index (χ0n) is 19.5. The fourth-order valence-electron chi connectivity index (χ4n) is 5.82. The first-order valence-electron chi connectivity index (χ1n) is 12.1. The molecule has 0 radical (unpaired) electrons. The van der Waals surface area contributed by atoms with Crippen molar-refractivity contribution >= 4 is 28.4 Å². The summed E-state index contributed by atoms with van der Waals surface area (Å²) in [6, 6.07) is 12.4. The summed E-state index contributed by atoms with van der Waals surface area (Å²) in [7, 11) is 1.99. The van der Waals surface area contributed by atoms with Crippen LogP contribution in [0.15, 0.2) is 48.8 Å². The van der Waals surface area contributed by atoms with E-state index < -0.39 is 0 Å². The third kappa shape index (κ3) is 3.25. The Labute approximate surface area is 202 Å². The quantitative estimate of drug-likeness (QED) is 0.428. The van der Waals surface area contributed by atoms with Crippen molar-refractivity contribution in [1.29, 1.82) is 0 Å². The van der Waals surface area contributed by atoms with Crippen molar-refractivity contribution in [3.05, 3.63) is 71.2 Å². The van der Waals surface area contributed by atoms with Gasteiger partial charge in [0.2, 0.25) is 0 Å². The second-order valence-corrected chi connectivity index (χ2v) is 9.61. The maximum atomic E-state index is 12.9. The summed E-state index contributed by atoms with van der Waals surface area (Å²) in [5, 5.41) is 11.0. The van der Waals surface area contributed by atoms with Gasteiger partial charge in [0.25, 0.3) is 5.91 Å². The second kappa shape index (κ2) is 7.90. The zero-order chi connectivity index (χ0) is 23.5. The number of carbonyl (C=O) groups is 1. The molecule has 176 valence electrons. The molecule has 8 nitrogen and oxygen atoms in total.